The third-order valence-corrected chi connectivity index (χ3v) is 5.48. The van der Waals surface area contributed by atoms with Crippen molar-refractivity contribution in [3.05, 3.63) is 24.4 Å². The molecule has 0 aromatic carbocycles. The number of aromatic nitrogens is 1. The molecule has 0 aliphatic carbocycles. The number of fused-ring (bicyclic) bond motifs is 1. The van der Waals surface area contributed by atoms with Crippen molar-refractivity contribution >= 4 is 15.9 Å². The highest BCUT2D eigenvalue weighted by molar-refractivity contribution is 7.89. The van der Waals surface area contributed by atoms with E-state index in [-0.39, 0.29) is 17.0 Å². The minimum atomic E-state index is -3.53. The van der Waals surface area contributed by atoms with E-state index in [1.165, 1.54) is 16.6 Å². The van der Waals surface area contributed by atoms with E-state index in [0.717, 1.165) is 6.42 Å². The highest BCUT2D eigenvalue weighted by atomic mass is 32.2. The van der Waals surface area contributed by atoms with Crippen LogP contribution in [0.3, 0.4) is 0 Å². The highest BCUT2D eigenvalue weighted by Gasteiger charge is 2.39. The summed E-state index contributed by atoms with van der Waals surface area (Å²) in [6.07, 6.45) is 2.75. The van der Waals surface area contributed by atoms with Crippen LogP contribution in [-0.2, 0) is 14.8 Å². The maximum absolute atomic E-state index is 12.4. The number of rotatable bonds is 2. The third kappa shape index (κ3) is 2.12. The molecule has 3 heterocycles. The van der Waals surface area contributed by atoms with Crippen LogP contribution in [0, 0.1) is 0 Å². The summed E-state index contributed by atoms with van der Waals surface area (Å²) < 4.78 is 26.3. The number of piperazine rings is 1. The van der Waals surface area contributed by atoms with Gasteiger partial charge in [0.25, 0.3) is 10.0 Å². The zero-order valence-electron chi connectivity index (χ0n) is 10.4. The van der Waals surface area contributed by atoms with Gasteiger partial charge in [-0.05, 0) is 18.6 Å². The normalized spacial score (nSPS) is 24.5. The summed E-state index contributed by atoms with van der Waals surface area (Å²) >= 11 is 0. The van der Waals surface area contributed by atoms with Gasteiger partial charge in [-0.15, -0.1) is 0 Å². The lowest BCUT2D eigenvalue weighted by Gasteiger charge is -2.36. The van der Waals surface area contributed by atoms with E-state index in [0.29, 0.717) is 26.1 Å². The van der Waals surface area contributed by atoms with Gasteiger partial charge in [-0.3, -0.25) is 4.79 Å². The Kier molecular flexibility index (Phi) is 3.02. The van der Waals surface area contributed by atoms with Gasteiger partial charge in [-0.25, -0.2) is 13.4 Å². The Balaban J connectivity index is 1.83. The lowest BCUT2D eigenvalue weighted by atomic mass is 10.2. The predicted molar refractivity (Wildman–Crippen MR) is 67.7 cm³/mol. The summed E-state index contributed by atoms with van der Waals surface area (Å²) in [5.74, 6) is 0.139. The molecule has 6 nitrogen and oxygen atoms in total. The molecule has 0 N–H and O–H groups in total. The number of sulfonamides is 1. The molecule has 0 bridgehead atoms. The Morgan fingerprint density at radius 2 is 2.11 bits per heavy atom. The Hall–Kier alpha value is -1.47. The first kappa shape index (κ1) is 12.6. The van der Waals surface area contributed by atoms with Gasteiger partial charge in [0.2, 0.25) is 5.91 Å². The Labute approximate surface area is 112 Å². The zero-order valence-corrected chi connectivity index (χ0v) is 11.2. The summed E-state index contributed by atoms with van der Waals surface area (Å²) in [6, 6.07) is 4.88. The topological polar surface area (TPSA) is 70.6 Å². The Bertz CT molecular complexity index is 587. The molecule has 1 atom stereocenters. The summed E-state index contributed by atoms with van der Waals surface area (Å²) in [4.78, 5) is 17.3. The number of carbonyl (C=O) groups excluding carboxylic acids is 1. The average molecular weight is 281 g/mol. The molecule has 2 aliphatic heterocycles. The second-order valence-corrected chi connectivity index (χ2v) is 6.70. The Morgan fingerprint density at radius 3 is 2.84 bits per heavy atom. The van der Waals surface area contributed by atoms with Crippen molar-refractivity contribution in [1.29, 1.82) is 0 Å². The van der Waals surface area contributed by atoms with Gasteiger partial charge in [0.15, 0.2) is 5.03 Å². The smallest absolute Gasteiger partial charge is 0.260 e. The van der Waals surface area contributed by atoms with Gasteiger partial charge in [-0.1, -0.05) is 6.07 Å². The molecule has 7 heteroatoms. The first-order valence-corrected chi connectivity index (χ1v) is 7.74. The van der Waals surface area contributed by atoms with Crippen molar-refractivity contribution in [2.45, 2.75) is 23.9 Å². The molecule has 102 valence electrons. The summed E-state index contributed by atoms with van der Waals surface area (Å²) in [5, 5.41) is 0.0766. The van der Waals surface area contributed by atoms with Crippen LogP contribution in [0.4, 0.5) is 0 Å². The van der Waals surface area contributed by atoms with Gasteiger partial charge in [-0.2, -0.15) is 4.31 Å². The molecule has 1 amide bonds. The number of amides is 1. The molecule has 19 heavy (non-hydrogen) atoms. The van der Waals surface area contributed by atoms with Crippen LogP contribution in [0.1, 0.15) is 12.8 Å². The van der Waals surface area contributed by atoms with Crippen LogP contribution in [0.25, 0.3) is 0 Å². The molecule has 1 unspecified atom stereocenters. The SMILES string of the molecule is O=C1CCC2CN(S(=O)(=O)c3ccccn3)CCN12. The van der Waals surface area contributed by atoms with Crippen LogP contribution in [0.2, 0.25) is 0 Å². The molecule has 2 saturated heterocycles. The molecule has 2 fully saturated rings. The second kappa shape index (κ2) is 4.57. The first-order chi connectivity index (χ1) is 9.09. The van der Waals surface area contributed by atoms with Crippen molar-refractivity contribution in [1.82, 2.24) is 14.2 Å². The fourth-order valence-electron chi connectivity index (χ4n) is 2.69. The van der Waals surface area contributed by atoms with Gasteiger partial charge < -0.3 is 4.90 Å². The lowest BCUT2D eigenvalue weighted by molar-refractivity contribution is -0.130. The van der Waals surface area contributed by atoms with E-state index < -0.39 is 10.0 Å². The maximum Gasteiger partial charge on any atom is 0.260 e. The van der Waals surface area contributed by atoms with Crippen LogP contribution in [0.5, 0.6) is 0 Å². The number of hydrogen-bond donors (Lipinski definition) is 0. The second-order valence-electron chi connectivity index (χ2n) is 4.81. The predicted octanol–water partition coefficient (Wildman–Crippen LogP) is 0.0769. The summed E-state index contributed by atoms with van der Waals surface area (Å²) in [5.41, 5.74) is 0. The zero-order chi connectivity index (χ0) is 13.5. The van der Waals surface area contributed by atoms with Crippen LogP contribution >= 0.6 is 0 Å². The van der Waals surface area contributed by atoms with Crippen molar-refractivity contribution in [3.8, 4) is 0 Å². The van der Waals surface area contributed by atoms with Gasteiger partial charge in [0.1, 0.15) is 0 Å². The Morgan fingerprint density at radius 1 is 1.26 bits per heavy atom. The first-order valence-electron chi connectivity index (χ1n) is 6.30. The van der Waals surface area contributed by atoms with Gasteiger partial charge in [0.05, 0.1) is 0 Å². The van der Waals surface area contributed by atoms with E-state index >= 15 is 0 Å². The molecule has 0 radical (unpaired) electrons. The van der Waals surface area contributed by atoms with Crippen molar-refractivity contribution in [3.63, 3.8) is 0 Å². The minimum absolute atomic E-state index is 0.0275. The largest absolute Gasteiger partial charge is 0.337 e. The molecular weight excluding hydrogens is 266 g/mol. The van der Waals surface area contributed by atoms with Crippen LogP contribution in [0.15, 0.2) is 29.4 Å². The molecular formula is C12H15N3O3S. The fourth-order valence-corrected chi connectivity index (χ4v) is 4.09. The number of pyridine rings is 1. The van der Waals surface area contributed by atoms with Gasteiger partial charge >= 0.3 is 0 Å². The number of hydrogen-bond acceptors (Lipinski definition) is 4. The number of carbonyl (C=O) groups is 1. The van der Waals surface area contributed by atoms with Crippen molar-refractivity contribution < 1.29 is 13.2 Å². The molecule has 1 aromatic rings. The fraction of sp³-hybridized carbons (Fsp3) is 0.500. The maximum atomic E-state index is 12.4. The standard InChI is InChI=1S/C12H15N3O3S/c16-12-5-4-10-9-14(7-8-15(10)12)19(17,18)11-3-1-2-6-13-11/h1-3,6,10H,4-5,7-9H2. The van der Waals surface area contributed by atoms with E-state index in [1.807, 2.05) is 0 Å². The van der Waals surface area contributed by atoms with Crippen molar-refractivity contribution in [2.24, 2.45) is 0 Å². The molecule has 2 aliphatic rings. The monoisotopic (exact) mass is 281 g/mol. The van der Waals surface area contributed by atoms with Crippen LogP contribution < -0.4 is 0 Å². The molecule has 3 rings (SSSR count). The van der Waals surface area contributed by atoms with E-state index in [1.54, 1.807) is 17.0 Å². The quantitative estimate of drug-likeness (QED) is 0.769. The highest BCUT2D eigenvalue weighted by Crippen LogP contribution is 2.25. The number of nitrogens with zero attached hydrogens (tertiary/aromatic N) is 3. The summed E-state index contributed by atoms with van der Waals surface area (Å²) in [6.45, 7) is 1.21. The van der Waals surface area contributed by atoms with Crippen LogP contribution in [-0.4, -0.2) is 54.2 Å². The molecule has 0 saturated carbocycles. The lowest BCUT2D eigenvalue weighted by Crippen LogP contribution is -2.53. The third-order valence-electron chi connectivity index (χ3n) is 3.70. The minimum Gasteiger partial charge on any atom is -0.337 e. The van der Waals surface area contributed by atoms with E-state index in [9.17, 15) is 13.2 Å². The molecule has 0 spiro atoms. The molecule has 1 aromatic heterocycles. The van der Waals surface area contributed by atoms with E-state index in [4.69, 9.17) is 0 Å². The van der Waals surface area contributed by atoms with Gasteiger partial charge in [0, 0.05) is 38.3 Å². The summed E-state index contributed by atoms with van der Waals surface area (Å²) in [7, 11) is -3.53. The van der Waals surface area contributed by atoms with Crippen molar-refractivity contribution in [2.75, 3.05) is 19.6 Å². The average Bonchev–Trinajstić information content (AvgIpc) is 2.81. The van der Waals surface area contributed by atoms with E-state index in [2.05, 4.69) is 4.98 Å².